The first-order chi connectivity index (χ1) is 10.5. The Morgan fingerprint density at radius 3 is 2.64 bits per heavy atom. The van der Waals surface area contributed by atoms with Crippen LogP contribution >= 0.6 is 0 Å². The van der Waals surface area contributed by atoms with E-state index < -0.39 is 11.3 Å². The van der Waals surface area contributed by atoms with Crippen molar-refractivity contribution in [2.45, 2.75) is 6.92 Å². The minimum atomic E-state index is -0.554. The molecular formula is C15H11N5O2. The molecule has 0 aliphatic carbocycles. The van der Waals surface area contributed by atoms with Crippen molar-refractivity contribution in [3.8, 4) is 6.07 Å². The van der Waals surface area contributed by atoms with Crippen LogP contribution in [0.5, 0.6) is 0 Å². The molecule has 0 saturated carbocycles. The zero-order valence-corrected chi connectivity index (χ0v) is 11.6. The van der Waals surface area contributed by atoms with Gasteiger partial charge in [0.15, 0.2) is 0 Å². The van der Waals surface area contributed by atoms with Crippen LogP contribution in [0.4, 0.5) is 5.82 Å². The van der Waals surface area contributed by atoms with Gasteiger partial charge in [0.25, 0.3) is 5.56 Å². The third kappa shape index (κ3) is 1.86. The number of rotatable bonds is 2. The number of carbonyl (C=O) groups excluding carboxylic acids is 1. The number of ketones is 1. The summed E-state index contributed by atoms with van der Waals surface area (Å²) in [5, 5.41) is 14.8. The molecule has 7 nitrogen and oxygen atoms in total. The Morgan fingerprint density at radius 1 is 1.27 bits per heavy atom. The van der Waals surface area contributed by atoms with E-state index in [2.05, 4.69) is 15.2 Å². The number of nitrogens with zero attached hydrogens (tertiary/aromatic N) is 2. The Hall–Kier alpha value is -3.40. The van der Waals surface area contributed by atoms with Gasteiger partial charge in [-0.25, -0.2) is 4.98 Å². The first-order valence-electron chi connectivity index (χ1n) is 6.45. The normalized spacial score (nSPS) is 10.5. The summed E-state index contributed by atoms with van der Waals surface area (Å²) in [6, 6.07) is 8.75. The molecule has 0 amide bonds. The highest BCUT2D eigenvalue weighted by Crippen LogP contribution is 2.26. The van der Waals surface area contributed by atoms with Crippen molar-refractivity contribution in [1.29, 1.82) is 5.26 Å². The number of para-hydroxylation sites is 1. The molecule has 0 fully saturated rings. The molecule has 0 aliphatic heterocycles. The highest BCUT2D eigenvalue weighted by Gasteiger charge is 2.24. The Bertz CT molecular complexity index is 1010. The van der Waals surface area contributed by atoms with Gasteiger partial charge in [0, 0.05) is 11.1 Å². The maximum Gasteiger partial charge on any atom is 0.275 e. The Morgan fingerprint density at radius 2 is 2.00 bits per heavy atom. The topological polar surface area (TPSA) is 128 Å². The second-order valence-corrected chi connectivity index (χ2v) is 4.78. The van der Waals surface area contributed by atoms with Crippen LogP contribution < -0.4 is 11.3 Å². The molecule has 0 atom stereocenters. The second kappa shape index (κ2) is 4.86. The minimum Gasteiger partial charge on any atom is -0.383 e. The van der Waals surface area contributed by atoms with Gasteiger partial charge in [-0.05, 0) is 13.0 Å². The van der Waals surface area contributed by atoms with Crippen molar-refractivity contribution >= 4 is 22.5 Å². The van der Waals surface area contributed by atoms with Crippen LogP contribution in [-0.4, -0.2) is 21.0 Å². The van der Waals surface area contributed by atoms with Gasteiger partial charge in [-0.1, -0.05) is 18.2 Å². The standard InChI is InChI=1S/C15H11N5O2/c1-7-11(15(22)20-19-7)13(21)12-8-4-2-3-5-10(8)18-14(17)9(12)6-16/h2-5H,1H3,(H2,17,18)(H2,19,20,22). The lowest BCUT2D eigenvalue weighted by Crippen LogP contribution is -2.17. The largest absolute Gasteiger partial charge is 0.383 e. The third-order valence-electron chi connectivity index (χ3n) is 3.45. The number of nitrogens with one attached hydrogen (secondary N) is 2. The van der Waals surface area contributed by atoms with E-state index in [1.165, 1.54) is 0 Å². The van der Waals surface area contributed by atoms with E-state index in [4.69, 9.17) is 5.73 Å². The first-order valence-corrected chi connectivity index (χ1v) is 6.45. The molecule has 4 N–H and O–H groups in total. The number of nitriles is 1. The van der Waals surface area contributed by atoms with Gasteiger partial charge in [0.05, 0.1) is 11.1 Å². The average Bonchev–Trinajstić information content (AvgIpc) is 2.84. The van der Waals surface area contributed by atoms with E-state index >= 15 is 0 Å². The summed E-state index contributed by atoms with van der Waals surface area (Å²) < 4.78 is 0. The van der Waals surface area contributed by atoms with Crippen LogP contribution in [0.1, 0.15) is 27.2 Å². The summed E-state index contributed by atoms with van der Waals surface area (Å²) in [6.45, 7) is 1.60. The molecule has 2 heterocycles. The van der Waals surface area contributed by atoms with Gasteiger partial charge in [-0.2, -0.15) is 5.26 Å². The molecule has 1 aromatic carbocycles. The zero-order chi connectivity index (χ0) is 15.9. The second-order valence-electron chi connectivity index (χ2n) is 4.78. The van der Waals surface area contributed by atoms with Crippen LogP contribution in [0.2, 0.25) is 0 Å². The van der Waals surface area contributed by atoms with Crippen molar-refractivity contribution in [3.05, 3.63) is 57.0 Å². The molecular weight excluding hydrogens is 282 g/mol. The Balaban J connectivity index is 2.42. The quantitative estimate of drug-likeness (QED) is 0.612. The van der Waals surface area contributed by atoms with E-state index in [1.807, 2.05) is 6.07 Å². The highest BCUT2D eigenvalue weighted by molar-refractivity contribution is 6.18. The summed E-state index contributed by atoms with van der Waals surface area (Å²) in [6.07, 6.45) is 0. The van der Waals surface area contributed by atoms with Crippen molar-refractivity contribution < 1.29 is 4.79 Å². The minimum absolute atomic E-state index is 0.0244. The van der Waals surface area contributed by atoms with Crippen LogP contribution in [0.25, 0.3) is 10.9 Å². The molecule has 3 aromatic rings. The van der Waals surface area contributed by atoms with Gasteiger partial charge in [-0.3, -0.25) is 14.7 Å². The smallest absolute Gasteiger partial charge is 0.275 e. The van der Waals surface area contributed by atoms with Gasteiger partial charge in [-0.15, -0.1) is 0 Å². The maximum atomic E-state index is 12.8. The SMILES string of the molecule is Cc1[nH][nH]c(=O)c1C(=O)c1c(C#N)c(N)nc2ccccc12. The number of fused-ring (bicyclic) bond motifs is 1. The number of aromatic nitrogens is 3. The molecule has 2 aromatic heterocycles. The molecule has 0 saturated heterocycles. The van der Waals surface area contributed by atoms with Gasteiger partial charge < -0.3 is 10.8 Å². The number of benzene rings is 1. The fourth-order valence-electron chi connectivity index (χ4n) is 2.42. The lowest BCUT2D eigenvalue weighted by Gasteiger charge is -2.09. The lowest BCUT2D eigenvalue weighted by atomic mass is 9.95. The Kier molecular flexibility index (Phi) is 3.00. The maximum absolute atomic E-state index is 12.8. The van der Waals surface area contributed by atoms with E-state index in [1.54, 1.807) is 31.2 Å². The lowest BCUT2D eigenvalue weighted by molar-refractivity contribution is 0.103. The van der Waals surface area contributed by atoms with Crippen LogP contribution in [0.15, 0.2) is 29.1 Å². The fraction of sp³-hybridized carbons (Fsp3) is 0.0667. The monoisotopic (exact) mass is 293 g/mol. The number of hydrogen-bond acceptors (Lipinski definition) is 5. The van der Waals surface area contributed by atoms with Gasteiger partial charge >= 0.3 is 0 Å². The molecule has 3 rings (SSSR count). The van der Waals surface area contributed by atoms with E-state index in [-0.39, 0.29) is 22.5 Å². The molecule has 0 unspecified atom stereocenters. The van der Waals surface area contributed by atoms with Gasteiger partial charge in [0.1, 0.15) is 23.0 Å². The summed E-state index contributed by atoms with van der Waals surface area (Å²) in [5.41, 5.74) is 6.18. The van der Waals surface area contributed by atoms with Crippen molar-refractivity contribution in [2.24, 2.45) is 0 Å². The predicted octanol–water partition coefficient (Wildman–Crippen LogP) is 1.24. The number of pyridine rings is 1. The number of hydrogen-bond donors (Lipinski definition) is 3. The predicted molar refractivity (Wildman–Crippen MR) is 80.5 cm³/mol. The number of carbonyl (C=O) groups is 1. The van der Waals surface area contributed by atoms with E-state index in [0.29, 0.717) is 16.6 Å². The molecule has 7 heteroatoms. The number of anilines is 1. The van der Waals surface area contributed by atoms with Crippen molar-refractivity contribution in [2.75, 3.05) is 5.73 Å². The van der Waals surface area contributed by atoms with Crippen molar-refractivity contribution in [3.63, 3.8) is 0 Å². The van der Waals surface area contributed by atoms with Crippen LogP contribution in [0.3, 0.4) is 0 Å². The zero-order valence-electron chi connectivity index (χ0n) is 11.6. The number of nitrogen functional groups attached to an aromatic ring is 1. The van der Waals surface area contributed by atoms with E-state index in [0.717, 1.165) is 0 Å². The van der Waals surface area contributed by atoms with Crippen molar-refractivity contribution in [1.82, 2.24) is 15.2 Å². The summed E-state index contributed by atoms with van der Waals surface area (Å²) in [7, 11) is 0. The number of nitrogens with two attached hydrogens (primary N) is 1. The van der Waals surface area contributed by atoms with Crippen LogP contribution in [0, 0.1) is 18.3 Å². The van der Waals surface area contributed by atoms with Gasteiger partial charge in [0.2, 0.25) is 5.78 Å². The molecule has 0 aliphatic rings. The molecule has 22 heavy (non-hydrogen) atoms. The summed E-state index contributed by atoms with van der Waals surface area (Å²) in [5.74, 6) is -0.587. The summed E-state index contributed by atoms with van der Waals surface area (Å²) >= 11 is 0. The fourth-order valence-corrected chi connectivity index (χ4v) is 2.42. The molecule has 0 radical (unpaired) electrons. The number of H-pyrrole nitrogens is 2. The Labute approximate surface area is 124 Å². The highest BCUT2D eigenvalue weighted by atomic mass is 16.1. The molecule has 0 spiro atoms. The number of aromatic amines is 2. The average molecular weight is 293 g/mol. The number of aryl methyl sites for hydroxylation is 1. The first kappa shape index (κ1) is 13.6. The molecule has 0 bridgehead atoms. The van der Waals surface area contributed by atoms with E-state index in [9.17, 15) is 14.9 Å². The summed E-state index contributed by atoms with van der Waals surface area (Å²) in [4.78, 5) is 28.8. The third-order valence-corrected chi connectivity index (χ3v) is 3.45. The molecule has 108 valence electrons. The van der Waals surface area contributed by atoms with Crippen LogP contribution in [-0.2, 0) is 0 Å².